The van der Waals surface area contributed by atoms with Crippen molar-refractivity contribution in [2.75, 3.05) is 0 Å². The predicted octanol–water partition coefficient (Wildman–Crippen LogP) is 1.20. The van der Waals surface area contributed by atoms with Crippen molar-refractivity contribution in [3.63, 3.8) is 0 Å². The fraction of sp³-hybridized carbons (Fsp3) is 0.133. The maximum atomic E-state index is 12.0. The molecule has 0 saturated carbocycles. The molecule has 0 radical (unpaired) electrons. The molecule has 0 spiro atoms. The Morgan fingerprint density at radius 3 is 2.32 bits per heavy atom. The molecule has 134 valence electrons. The number of nitrogens with two attached hydrogens (primary N) is 1. The molecule has 10 heteroatoms. The summed E-state index contributed by atoms with van der Waals surface area (Å²) in [5.74, 6) is -0.595. The van der Waals surface area contributed by atoms with Crippen LogP contribution in [0.5, 0.6) is 0 Å². The van der Waals surface area contributed by atoms with Crippen molar-refractivity contribution in [3.05, 3.63) is 65.2 Å². The molecule has 0 aliphatic rings. The third-order valence-corrected chi connectivity index (χ3v) is 4.06. The Hall–Kier alpha value is -2.34. The second-order valence-corrected chi connectivity index (χ2v) is 6.55. The summed E-state index contributed by atoms with van der Waals surface area (Å²) in [5.41, 5.74) is 1.38. The molecule has 25 heavy (non-hydrogen) atoms. The molecule has 0 amide bonds. The van der Waals surface area contributed by atoms with Gasteiger partial charge in [0.25, 0.3) is 0 Å². The summed E-state index contributed by atoms with van der Waals surface area (Å²) < 4.78 is 27.5. The van der Waals surface area contributed by atoms with Gasteiger partial charge >= 0.3 is 5.97 Å². The second-order valence-electron chi connectivity index (χ2n) is 4.99. The van der Waals surface area contributed by atoms with Gasteiger partial charge in [0.05, 0.1) is 22.5 Å². The van der Waals surface area contributed by atoms with E-state index in [0.29, 0.717) is 11.1 Å². The van der Waals surface area contributed by atoms with E-state index >= 15 is 0 Å². The summed E-state index contributed by atoms with van der Waals surface area (Å²) in [6, 6.07) is 11.9. The lowest BCUT2D eigenvalue weighted by Gasteiger charge is -2.08. The van der Waals surface area contributed by atoms with Crippen molar-refractivity contribution in [3.8, 4) is 0 Å². The van der Waals surface area contributed by atoms with Gasteiger partial charge in [0.1, 0.15) is 6.61 Å². The quantitative estimate of drug-likeness (QED) is 0.489. The highest BCUT2D eigenvalue weighted by Crippen LogP contribution is 2.12. The van der Waals surface area contributed by atoms with Crippen LogP contribution in [-0.4, -0.2) is 30.2 Å². The summed E-state index contributed by atoms with van der Waals surface area (Å²) in [6.07, 6.45) is 0. The van der Waals surface area contributed by atoms with E-state index in [2.05, 4.69) is 4.84 Å². The molecule has 9 nitrogen and oxygen atoms in total. The van der Waals surface area contributed by atoms with Gasteiger partial charge in [-0.3, -0.25) is 10.4 Å². The molecule has 2 rings (SSSR count). The van der Waals surface area contributed by atoms with Crippen LogP contribution in [0, 0.1) is 0 Å². The molecular formula is C15H16N2O7S. The lowest BCUT2D eigenvalue weighted by Crippen LogP contribution is -2.14. The zero-order chi connectivity index (χ0) is 18.4. The van der Waals surface area contributed by atoms with Crippen molar-refractivity contribution >= 4 is 16.0 Å². The molecule has 4 N–H and O–H groups in total. The number of esters is 1. The summed E-state index contributed by atoms with van der Waals surface area (Å²) in [4.78, 5) is 16.5. The van der Waals surface area contributed by atoms with Crippen LogP contribution in [0.3, 0.4) is 0 Å². The average Bonchev–Trinajstić information content (AvgIpc) is 2.57. The Kier molecular flexibility index (Phi) is 6.20. The summed E-state index contributed by atoms with van der Waals surface area (Å²) in [5, 5.41) is 21.6. The van der Waals surface area contributed by atoms with Crippen molar-refractivity contribution in [2.45, 2.75) is 18.1 Å². The minimum Gasteiger partial charge on any atom is -0.457 e. The Balaban J connectivity index is 1.97. The maximum absolute atomic E-state index is 12.0. The Labute approximate surface area is 143 Å². The topological polar surface area (TPSA) is 139 Å². The molecule has 0 aromatic heterocycles. The first kappa shape index (κ1) is 19.0. The number of benzene rings is 2. The number of rotatable bonds is 7. The number of carbonyl (C=O) groups excluding carboxylic acids is 1. The molecule has 0 bridgehead atoms. The molecule has 0 atom stereocenters. The molecule has 0 aliphatic heterocycles. The molecular weight excluding hydrogens is 352 g/mol. The van der Waals surface area contributed by atoms with Crippen LogP contribution in [0.2, 0.25) is 0 Å². The largest absolute Gasteiger partial charge is 0.457 e. The first-order chi connectivity index (χ1) is 11.8. The van der Waals surface area contributed by atoms with E-state index in [1.165, 1.54) is 36.4 Å². The van der Waals surface area contributed by atoms with Gasteiger partial charge < -0.3 is 4.74 Å². The van der Waals surface area contributed by atoms with Gasteiger partial charge in [-0.15, -0.1) is 0 Å². The van der Waals surface area contributed by atoms with E-state index in [1.807, 2.05) is 0 Å². The van der Waals surface area contributed by atoms with Crippen molar-refractivity contribution < 1.29 is 33.2 Å². The molecule has 0 unspecified atom stereocenters. The first-order valence-corrected chi connectivity index (χ1v) is 8.49. The monoisotopic (exact) mass is 368 g/mol. The van der Waals surface area contributed by atoms with Crippen LogP contribution in [-0.2, 0) is 32.8 Å². The molecule has 0 fully saturated rings. The average molecular weight is 368 g/mol. The number of nitrogens with zero attached hydrogens (tertiary/aromatic N) is 1. The minimum absolute atomic E-state index is 0.0305. The summed E-state index contributed by atoms with van der Waals surface area (Å²) in [6.45, 7) is -0.200. The number of hydrogen-bond acceptors (Lipinski definition) is 8. The number of primary sulfonamides is 1. The van der Waals surface area contributed by atoms with E-state index in [0.717, 1.165) is 0 Å². The third-order valence-electron chi connectivity index (χ3n) is 3.13. The highest BCUT2D eigenvalue weighted by Gasteiger charge is 2.10. The summed E-state index contributed by atoms with van der Waals surface area (Å²) in [7, 11) is -3.77. The Morgan fingerprint density at radius 2 is 1.72 bits per heavy atom. The van der Waals surface area contributed by atoms with Crippen molar-refractivity contribution in [2.24, 2.45) is 5.14 Å². The lowest BCUT2D eigenvalue weighted by atomic mass is 10.1. The zero-order valence-electron chi connectivity index (χ0n) is 12.9. The standard InChI is InChI=1S/C15H16N2O7S/c16-25(21,22)14-6-4-11(5-7-14)9-23-15(18)13-3-1-2-12(8-13)10-24-17(19)20/h1-8,19-20H,9-10H2,(H2,16,21,22). The van der Waals surface area contributed by atoms with Gasteiger partial charge in [0.15, 0.2) is 0 Å². The third kappa shape index (κ3) is 5.90. The highest BCUT2D eigenvalue weighted by molar-refractivity contribution is 7.89. The Morgan fingerprint density at radius 1 is 1.04 bits per heavy atom. The lowest BCUT2D eigenvalue weighted by molar-refractivity contribution is -0.497. The van der Waals surface area contributed by atoms with Gasteiger partial charge in [-0.1, -0.05) is 24.3 Å². The molecule has 0 saturated heterocycles. The van der Waals surface area contributed by atoms with E-state index in [1.54, 1.807) is 12.1 Å². The smallest absolute Gasteiger partial charge is 0.338 e. The highest BCUT2D eigenvalue weighted by atomic mass is 32.2. The van der Waals surface area contributed by atoms with E-state index in [4.69, 9.17) is 20.3 Å². The Bertz CT molecular complexity index is 835. The van der Waals surface area contributed by atoms with Gasteiger partial charge in [-0.25, -0.2) is 23.2 Å². The number of sulfonamides is 1. The van der Waals surface area contributed by atoms with Gasteiger partial charge in [0, 0.05) is 0 Å². The van der Waals surface area contributed by atoms with Gasteiger partial charge in [-0.2, -0.15) is 0 Å². The van der Waals surface area contributed by atoms with Crippen LogP contribution < -0.4 is 5.14 Å². The molecule has 2 aromatic rings. The van der Waals surface area contributed by atoms with Crippen LogP contribution in [0.1, 0.15) is 21.5 Å². The fourth-order valence-electron chi connectivity index (χ4n) is 1.93. The predicted molar refractivity (Wildman–Crippen MR) is 83.6 cm³/mol. The second kappa shape index (κ2) is 8.16. The van der Waals surface area contributed by atoms with Crippen LogP contribution >= 0.6 is 0 Å². The van der Waals surface area contributed by atoms with E-state index in [-0.39, 0.29) is 23.7 Å². The first-order valence-electron chi connectivity index (χ1n) is 6.94. The van der Waals surface area contributed by atoms with Crippen LogP contribution in [0.4, 0.5) is 0 Å². The minimum atomic E-state index is -3.77. The molecule has 0 heterocycles. The van der Waals surface area contributed by atoms with E-state index in [9.17, 15) is 13.2 Å². The fourth-order valence-corrected chi connectivity index (χ4v) is 2.44. The van der Waals surface area contributed by atoms with Crippen molar-refractivity contribution in [1.29, 1.82) is 0 Å². The van der Waals surface area contributed by atoms with Crippen LogP contribution in [0.25, 0.3) is 0 Å². The van der Waals surface area contributed by atoms with Gasteiger partial charge in [-0.05, 0) is 35.4 Å². The van der Waals surface area contributed by atoms with E-state index < -0.39 is 21.4 Å². The van der Waals surface area contributed by atoms with Crippen molar-refractivity contribution in [1.82, 2.24) is 5.39 Å². The molecule has 2 aromatic carbocycles. The number of hydrogen-bond donors (Lipinski definition) is 3. The number of carbonyl (C=O) groups is 1. The molecule has 0 aliphatic carbocycles. The number of ether oxygens (including phenoxy) is 1. The van der Waals surface area contributed by atoms with Gasteiger partial charge in [0.2, 0.25) is 10.0 Å². The maximum Gasteiger partial charge on any atom is 0.338 e. The SMILES string of the molecule is NS(=O)(=O)c1ccc(COC(=O)c2cccc(CON(O)O)c2)cc1. The normalized spacial score (nSPS) is 11.5. The van der Waals surface area contributed by atoms with Crippen LogP contribution in [0.15, 0.2) is 53.4 Å². The zero-order valence-corrected chi connectivity index (χ0v) is 13.7. The summed E-state index contributed by atoms with van der Waals surface area (Å²) >= 11 is 0.